The minimum Gasteiger partial charge on any atom is -0.351 e. The molecule has 0 bridgehead atoms. The molecule has 1 aliphatic rings. The number of benzene rings is 1. The van der Waals surface area contributed by atoms with E-state index in [0.717, 1.165) is 41.9 Å². The number of nitrogens with zero attached hydrogens (tertiary/aromatic N) is 3. The molecule has 0 atom stereocenters. The number of rotatable bonds is 7. The van der Waals surface area contributed by atoms with Crippen LogP contribution >= 0.6 is 0 Å². The fourth-order valence-electron chi connectivity index (χ4n) is 3.68. The van der Waals surface area contributed by atoms with Crippen molar-refractivity contribution >= 4 is 23.2 Å². The first kappa shape index (κ1) is 21.6. The number of aromatic nitrogens is 2. The first-order chi connectivity index (χ1) is 15.6. The van der Waals surface area contributed by atoms with Crippen molar-refractivity contribution in [2.24, 2.45) is 0 Å². The molecule has 0 radical (unpaired) electrons. The number of carbonyl (C=O) groups excluding carboxylic acids is 1. The van der Waals surface area contributed by atoms with Crippen LogP contribution in [0.25, 0.3) is 11.6 Å². The predicted octanol–water partition coefficient (Wildman–Crippen LogP) is 4.09. The molecule has 0 unspecified atom stereocenters. The van der Waals surface area contributed by atoms with E-state index in [9.17, 15) is 4.79 Å². The molecule has 0 saturated heterocycles. The molecule has 2 heterocycles. The van der Waals surface area contributed by atoms with Crippen LogP contribution in [-0.2, 0) is 6.42 Å². The van der Waals surface area contributed by atoms with E-state index in [2.05, 4.69) is 52.3 Å². The first-order valence-electron chi connectivity index (χ1n) is 10.9. The zero-order chi connectivity index (χ0) is 22.3. The summed E-state index contributed by atoms with van der Waals surface area (Å²) < 4.78 is 2.04. The summed E-state index contributed by atoms with van der Waals surface area (Å²) in [4.78, 5) is 18.7. The van der Waals surface area contributed by atoms with Gasteiger partial charge in [0.25, 0.3) is 5.91 Å². The topological polar surface area (TPSA) is 62.2 Å². The zero-order valence-electron chi connectivity index (χ0n) is 18.6. The van der Waals surface area contributed by atoms with Gasteiger partial charge in [-0.05, 0) is 80.0 Å². The molecule has 2 aromatic heterocycles. The summed E-state index contributed by atoms with van der Waals surface area (Å²) in [6.45, 7) is 1.43. The Kier molecular flexibility index (Phi) is 6.82. The highest BCUT2D eigenvalue weighted by Crippen LogP contribution is 2.26. The van der Waals surface area contributed by atoms with Crippen LogP contribution < -0.4 is 10.7 Å². The molecule has 4 rings (SSSR count). The van der Waals surface area contributed by atoms with E-state index in [1.807, 2.05) is 54.0 Å². The summed E-state index contributed by atoms with van der Waals surface area (Å²) in [6, 6.07) is 13.9. The summed E-state index contributed by atoms with van der Waals surface area (Å²) in [5.41, 5.74) is 9.57. The standard InChI is InChI=1S/C26H29N5O/c1-30(2)17-15-28-26(32)23-9-5-8-21(18-23)22-7-4-3-6-20-12-16-31(25(20)19-22)29-24-10-13-27-14-11-24/h4-5,7-14,16,18-19H,3,6,15,17H2,1-2H3,(H,27,29)(H,28,32). The number of carbonyl (C=O) groups is 1. The van der Waals surface area contributed by atoms with Crippen LogP contribution in [0, 0.1) is 0 Å². The Balaban J connectivity index is 1.62. The van der Waals surface area contributed by atoms with E-state index in [1.165, 1.54) is 5.56 Å². The van der Waals surface area contributed by atoms with Crippen molar-refractivity contribution in [3.05, 3.63) is 95.6 Å². The van der Waals surface area contributed by atoms with E-state index in [0.29, 0.717) is 12.1 Å². The van der Waals surface area contributed by atoms with Gasteiger partial charge in [-0.3, -0.25) is 19.9 Å². The van der Waals surface area contributed by atoms with Crippen molar-refractivity contribution < 1.29 is 4.79 Å². The molecule has 3 aromatic rings. The van der Waals surface area contributed by atoms with Crippen molar-refractivity contribution in [2.45, 2.75) is 12.8 Å². The number of pyridine rings is 1. The molecule has 1 aromatic carbocycles. The van der Waals surface area contributed by atoms with Gasteiger partial charge in [0.1, 0.15) is 0 Å². The fraction of sp³-hybridized carbons (Fsp3) is 0.231. The summed E-state index contributed by atoms with van der Waals surface area (Å²) in [5, 5.41) is 2.99. The van der Waals surface area contributed by atoms with Crippen LogP contribution in [0.15, 0.2) is 73.2 Å². The minimum absolute atomic E-state index is 0.0486. The van der Waals surface area contributed by atoms with E-state index in [1.54, 1.807) is 12.4 Å². The van der Waals surface area contributed by atoms with Gasteiger partial charge in [0.15, 0.2) is 0 Å². The number of hydrogen-bond acceptors (Lipinski definition) is 4. The summed E-state index contributed by atoms with van der Waals surface area (Å²) in [5.74, 6) is -0.0486. The van der Waals surface area contributed by atoms with E-state index in [4.69, 9.17) is 0 Å². The van der Waals surface area contributed by atoms with Crippen LogP contribution in [0.5, 0.6) is 0 Å². The van der Waals surface area contributed by atoms with Crippen LogP contribution in [0.4, 0.5) is 5.69 Å². The maximum atomic E-state index is 12.6. The second-order valence-electron chi connectivity index (χ2n) is 8.12. The largest absolute Gasteiger partial charge is 0.351 e. The van der Waals surface area contributed by atoms with E-state index in [-0.39, 0.29) is 5.91 Å². The monoisotopic (exact) mass is 427 g/mol. The second-order valence-corrected chi connectivity index (χ2v) is 8.12. The Morgan fingerprint density at radius 2 is 2.00 bits per heavy atom. The molecule has 1 aliphatic carbocycles. The van der Waals surface area contributed by atoms with Crippen molar-refractivity contribution in [3.8, 4) is 0 Å². The lowest BCUT2D eigenvalue weighted by molar-refractivity contribution is 0.0951. The van der Waals surface area contributed by atoms with Crippen molar-refractivity contribution in [3.63, 3.8) is 0 Å². The maximum Gasteiger partial charge on any atom is 0.251 e. The quantitative estimate of drug-likeness (QED) is 0.596. The molecule has 164 valence electrons. The number of fused-ring (bicyclic) bond motifs is 1. The molecule has 32 heavy (non-hydrogen) atoms. The maximum absolute atomic E-state index is 12.6. The number of allylic oxidation sites excluding steroid dienone is 3. The second kappa shape index (κ2) is 10.1. The molecule has 0 fully saturated rings. The SMILES string of the molecule is CN(C)CCNC(=O)c1cccc(C2=Cc3c(ccn3Nc3ccncc3)CCC=C2)c1. The highest BCUT2D eigenvalue weighted by atomic mass is 16.1. The van der Waals surface area contributed by atoms with Crippen molar-refractivity contribution in [1.82, 2.24) is 19.9 Å². The molecule has 1 amide bonds. The normalized spacial score (nSPS) is 13.2. The van der Waals surface area contributed by atoms with Crippen LogP contribution in [0.3, 0.4) is 0 Å². The number of aryl methyl sites for hydroxylation is 1. The summed E-state index contributed by atoms with van der Waals surface area (Å²) in [6.07, 6.45) is 14.1. The molecule has 6 heteroatoms. The Morgan fingerprint density at radius 3 is 2.81 bits per heavy atom. The van der Waals surface area contributed by atoms with Crippen molar-refractivity contribution in [2.75, 3.05) is 32.6 Å². The lowest BCUT2D eigenvalue weighted by Crippen LogP contribution is -2.31. The fourth-order valence-corrected chi connectivity index (χ4v) is 3.68. The molecular formula is C26H29N5O. The Bertz CT molecular complexity index is 1130. The van der Waals surface area contributed by atoms with Gasteiger partial charge in [-0.15, -0.1) is 0 Å². The van der Waals surface area contributed by atoms with E-state index < -0.39 is 0 Å². The van der Waals surface area contributed by atoms with Gasteiger partial charge in [0.2, 0.25) is 0 Å². The van der Waals surface area contributed by atoms with Gasteiger partial charge >= 0.3 is 0 Å². The lowest BCUT2D eigenvalue weighted by atomic mass is 9.97. The lowest BCUT2D eigenvalue weighted by Gasteiger charge is -2.14. The zero-order valence-corrected chi connectivity index (χ0v) is 18.6. The van der Waals surface area contributed by atoms with E-state index >= 15 is 0 Å². The highest BCUT2D eigenvalue weighted by Gasteiger charge is 2.13. The smallest absolute Gasteiger partial charge is 0.251 e. The van der Waals surface area contributed by atoms with Crippen LogP contribution in [-0.4, -0.2) is 47.7 Å². The van der Waals surface area contributed by atoms with Gasteiger partial charge in [0.05, 0.1) is 11.4 Å². The third-order valence-electron chi connectivity index (χ3n) is 5.42. The van der Waals surface area contributed by atoms with Gasteiger partial charge in [-0.25, -0.2) is 0 Å². The molecule has 0 saturated carbocycles. The number of nitrogens with one attached hydrogen (secondary N) is 2. The molecule has 6 nitrogen and oxygen atoms in total. The van der Waals surface area contributed by atoms with Gasteiger partial charge in [-0.2, -0.15) is 0 Å². The number of anilines is 1. The number of likely N-dealkylation sites (N-methyl/N-ethyl adjacent to an activating group) is 1. The predicted molar refractivity (Wildman–Crippen MR) is 130 cm³/mol. The van der Waals surface area contributed by atoms with Gasteiger partial charge in [-0.1, -0.05) is 24.3 Å². The molecule has 2 N–H and O–H groups in total. The third-order valence-corrected chi connectivity index (χ3v) is 5.42. The minimum atomic E-state index is -0.0486. The van der Waals surface area contributed by atoms with Crippen LogP contribution in [0.1, 0.15) is 33.6 Å². The average molecular weight is 428 g/mol. The number of amides is 1. The van der Waals surface area contributed by atoms with Gasteiger partial charge in [0, 0.05) is 37.2 Å². The van der Waals surface area contributed by atoms with Crippen molar-refractivity contribution in [1.29, 1.82) is 0 Å². The summed E-state index contributed by atoms with van der Waals surface area (Å²) in [7, 11) is 3.99. The summed E-state index contributed by atoms with van der Waals surface area (Å²) >= 11 is 0. The highest BCUT2D eigenvalue weighted by molar-refractivity contribution is 5.96. The number of hydrogen-bond donors (Lipinski definition) is 2. The van der Waals surface area contributed by atoms with Gasteiger partial charge < -0.3 is 10.2 Å². The Labute approximate surface area is 189 Å². The Morgan fingerprint density at radius 1 is 1.16 bits per heavy atom. The molecule has 0 aliphatic heterocycles. The average Bonchev–Trinajstić information content (AvgIpc) is 3.14. The first-order valence-corrected chi connectivity index (χ1v) is 10.9. The Hall–Kier alpha value is -3.64. The third kappa shape index (κ3) is 5.34. The molecule has 0 spiro atoms. The molecular weight excluding hydrogens is 398 g/mol. The van der Waals surface area contributed by atoms with Crippen LogP contribution in [0.2, 0.25) is 0 Å².